The second kappa shape index (κ2) is 10.8. The number of carboxylic acids is 2. The topological polar surface area (TPSA) is 181 Å². The average molecular weight is 301 g/mol. The summed E-state index contributed by atoms with van der Waals surface area (Å²) in [5, 5.41) is 16.7. The van der Waals surface area contributed by atoms with Crippen LogP contribution < -0.4 is 17.2 Å². The highest BCUT2D eigenvalue weighted by molar-refractivity contribution is 5.73. The first-order valence-corrected chi connectivity index (χ1v) is 6.52. The van der Waals surface area contributed by atoms with Crippen LogP contribution >= 0.6 is 0 Å². The van der Waals surface area contributed by atoms with Gasteiger partial charge in [-0.05, 0) is 19.4 Å². The number of rotatable bonds is 8. The molecule has 9 N–H and O–H groups in total. The quantitative estimate of drug-likeness (QED) is 0.327. The molecule has 0 aliphatic heterocycles. The van der Waals surface area contributed by atoms with Crippen LogP contribution in [0.25, 0.3) is 0 Å². The Morgan fingerprint density at radius 1 is 1.19 bits per heavy atom. The number of hydrogen-bond donors (Lipinski definition) is 6. The fraction of sp³-hybridized carbons (Fsp3) is 0.583. The fourth-order valence-corrected chi connectivity index (χ4v) is 1.35. The molecule has 1 aromatic rings. The molecule has 0 saturated heterocycles. The van der Waals surface area contributed by atoms with Crippen molar-refractivity contribution in [3.63, 3.8) is 0 Å². The van der Waals surface area contributed by atoms with Gasteiger partial charge in [0.2, 0.25) is 0 Å². The van der Waals surface area contributed by atoms with E-state index in [2.05, 4.69) is 9.97 Å². The lowest BCUT2D eigenvalue weighted by atomic mass is 10.1. The van der Waals surface area contributed by atoms with Crippen molar-refractivity contribution in [3.8, 4) is 0 Å². The van der Waals surface area contributed by atoms with Crippen LogP contribution in [0.15, 0.2) is 12.5 Å². The maximum atomic E-state index is 10.3. The van der Waals surface area contributed by atoms with E-state index in [0.29, 0.717) is 13.0 Å². The van der Waals surface area contributed by atoms with Crippen LogP contribution in [0.5, 0.6) is 0 Å². The lowest BCUT2D eigenvalue weighted by Gasteiger charge is -2.03. The van der Waals surface area contributed by atoms with Crippen LogP contribution in [0.4, 0.5) is 0 Å². The molecule has 0 saturated carbocycles. The van der Waals surface area contributed by atoms with Gasteiger partial charge in [-0.1, -0.05) is 6.42 Å². The molecule has 0 aliphatic rings. The van der Waals surface area contributed by atoms with Crippen molar-refractivity contribution in [2.45, 2.75) is 37.8 Å². The van der Waals surface area contributed by atoms with E-state index in [4.69, 9.17) is 27.4 Å². The number of imidazole rings is 1. The second-order valence-electron chi connectivity index (χ2n) is 4.45. The van der Waals surface area contributed by atoms with E-state index in [9.17, 15) is 9.59 Å². The summed E-state index contributed by atoms with van der Waals surface area (Å²) in [6.07, 6.45) is 5.50. The van der Waals surface area contributed by atoms with E-state index in [1.807, 2.05) is 0 Å². The van der Waals surface area contributed by atoms with Gasteiger partial charge in [0.15, 0.2) is 0 Å². The number of aromatic nitrogens is 2. The Hall–Kier alpha value is -1.97. The van der Waals surface area contributed by atoms with Gasteiger partial charge < -0.3 is 32.4 Å². The molecule has 0 aliphatic carbocycles. The zero-order valence-electron chi connectivity index (χ0n) is 11.7. The molecule has 1 heterocycles. The van der Waals surface area contributed by atoms with Crippen molar-refractivity contribution in [2.75, 3.05) is 6.54 Å². The van der Waals surface area contributed by atoms with Crippen molar-refractivity contribution in [3.05, 3.63) is 18.2 Å². The zero-order valence-corrected chi connectivity index (χ0v) is 11.7. The standard InChI is InChI=1S/C6H9N3O2.C6H14N2O2/c7-5(6(10)11)1-4-2-8-3-9-4;7-4-2-1-3-5(8)6(9)10/h2-3,5H,1,7H2,(H,8,9)(H,10,11);5H,1-4,7-8H2,(H,9,10)/t5-;/m0./s1. The van der Waals surface area contributed by atoms with E-state index >= 15 is 0 Å². The molecule has 1 unspecified atom stereocenters. The first kappa shape index (κ1) is 19.0. The minimum Gasteiger partial charge on any atom is -0.480 e. The molecule has 120 valence electrons. The minimum absolute atomic E-state index is 0.287. The van der Waals surface area contributed by atoms with Crippen molar-refractivity contribution < 1.29 is 19.8 Å². The number of aliphatic carboxylic acids is 2. The van der Waals surface area contributed by atoms with E-state index in [0.717, 1.165) is 18.5 Å². The summed E-state index contributed by atoms with van der Waals surface area (Å²) in [5.74, 6) is -1.93. The Bertz CT molecular complexity index is 410. The van der Waals surface area contributed by atoms with Gasteiger partial charge in [-0.15, -0.1) is 0 Å². The van der Waals surface area contributed by atoms with Gasteiger partial charge in [0, 0.05) is 18.3 Å². The SMILES string of the molecule is NCCCCC(N)C(=O)O.N[C@@H](Cc1cnc[nH]1)C(=O)O. The first-order valence-electron chi connectivity index (χ1n) is 6.52. The number of carboxylic acid groups (broad SMARTS) is 2. The van der Waals surface area contributed by atoms with Crippen molar-refractivity contribution in [1.82, 2.24) is 9.97 Å². The molecule has 0 bridgehead atoms. The third-order valence-corrected chi connectivity index (χ3v) is 2.60. The highest BCUT2D eigenvalue weighted by atomic mass is 16.4. The van der Waals surface area contributed by atoms with Gasteiger partial charge in [0.25, 0.3) is 0 Å². The molecule has 0 amide bonds. The Morgan fingerprint density at radius 2 is 1.81 bits per heavy atom. The third-order valence-electron chi connectivity index (χ3n) is 2.60. The number of carbonyl (C=O) groups is 2. The van der Waals surface area contributed by atoms with Crippen molar-refractivity contribution in [2.24, 2.45) is 17.2 Å². The lowest BCUT2D eigenvalue weighted by Crippen LogP contribution is -2.32. The molecule has 21 heavy (non-hydrogen) atoms. The molecule has 0 spiro atoms. The Labute approximate surface area is 122 Å². The van der Waals surface area contributed by atoms with Crippen LogP contribution in [0, 0.1) is 0 Å². The van der Waals surface area contributed by atoms with Crippen LogP contribution in [-0.4, -0.2) is 50.7 Å². The summed E-state index contributed by atoms with van der Waals surface area (Å²) in [7, 11) is 0. The number of H-pyrrole nitrogens is 1. The van der Waals surface area contributed by atoms with Gasteiger partial charge in [-0.3, -0.25) is 9.59 Å². The normalized spacial score (nSPS) is 12.9. The van der Waals surface area contributed by atoms with E-state index < -0.39 is 24.0 Å². The smallest absolute Gasteiger partial charge is 0.320 e. The highest BCUT2D eigenvalue weighted by Crippen LogP contribution is 1.97. The number of nitrogens with zero attached hydrogens (tertiary/aromatic N) is 1. The van der Waals surface area contributed by atoms with Crippen LogP contribution in [0.2, 0.25) is 0 Å². The molecular formula is C12H23N5O4. The monoisotopic (exact) mass is 301 g/mol. The summed E-state index contributed by atoms with van der Waals surface area (Å²) in [6, 6.07) is -1.57. The molecule has 1 aromatic heterocycles. The van der Waals surface area contributed by atoms with E-state index in [-0.39, 0.29) is 6.42 Å². The number of unbranched alkanes of at least 4 members (excludes halogenated alkanes) is 1. The molecular weight excluding hydrogens is 278 g/mol. The molecule has 1 rings (SSSR count). The lowest BCUT2D eigenvalue weighted by molar-refractivity contribution is -0.139. The predicted octanol–water partition coefficient (Wildman–Crippen LogP) is -1.11. The molecule has 2 atom stereocenters. The molecule has 9 heteroatoms. The van der Waals surface area contributed by atoms with Crippen LogP contribution in [0.1, 0.15) is 25.0 Å². The van der Waals surface area contributed by atoms with Gasteiger partial charge >= 0.3 is 11.9 Å². The Morgan fingerprint density at radius 3 is 2.24 bits per heavy atom. The summed E-state index contributed by atoms with van der Waals surface area (Å²) in [4.78, 5) is 26.9. The molecule has 0 aromatic carbocycles. The number of hydrogen-bond acceptors (Lipinski definition) is 6. The van der Waals surface area contributed by atoms with Crippen LogP contribution in [-0.2, 0) is 16.0 Å². The largest absolute Gasteiger partial charge is 0.480 e. The number of nitrogens with two attached hydrogens (primary N) is 3. The summed E-state index contributed by atoms with van der Waals surface area (Å²) >= 11 is 0. The maximum absolute atomic E-state index is 10.3. The zero-order chi connectivity index (χ0) is 16.3. The first-order chi connectivity index (χ1) is 9.88. The van der Waals surface area contributed by atoms with Gasteiger partial charge in [-0.25, -0.2) is 4.98 Å². The van der Waals surface area contributed by atoms with Crippen LogP contribution in [0.3, 0.4) is 0 Å². The average Bonchev–Trinajstić information content (AvgIpc) is 2.92. The molecule has 0 radical (unpaired) electrons. The fourth-order valence-electron chi connectivity index (χ4n) is 1.35. The summed E-state index contributed by atoms with van der Waals surface area (Å²) in [6.45, 7) is 0.604. The van der Waals surface area contributed by atoms with E-state index in [1.54, 1.807) is 6.20 Å². The Balaban J connectivity index is 0.000000384. The molecule has 0 fully saturated rings. The molecule has 9 nitrogen and oxygen atoms in total. The minimum atomic E-state index is -1.00. The van der Waals surface area contributed by atoms with E-state index in [1.165, 1.54) is 6.33 Å². The third kappa shape index (κ3) is 9.55. The number of nitrogens with one attached hydrogen (secondary N) is 1. The maximum Gasteiger partial charge on any atom is 0.320 e. The van der Waals surface area contributed by atoms with Crippen molar-refractivity contribution in [1.29, 1.82) is 0 Å². The second-order valence-corrected chi connectivity index (χ2v) is 4.45. The van der Waals surface area contributed by atoms with Gasteiger partial charge in [0.05, 0.1) is 6.33 Å². The predicted molar refractivity (Wildman–Crippen MR) is 76.4 cm³/mol. The number of aromatic amines is 1. The van der Waals surface area contributed by atoms with Gasteiger partial charge in [-0.2, -0.15) is 0 Å². The summed E-state index contributed by atoms with van der Waals surface area (Å²) in [5.41, 5.74) is 16.4. The highest BCUT2D eigenvalue weighted by Gasteiger charge is 2.12. The summed E-state index contributed by atoms with van der Waals surface area (Å²) < 4.78 is 0. The Kier molecular flexibility index (Phi) is 9.76. The van der Waals surface area contributed by atoms with Gasteiger partial charge in [0.1, 0.15) is 12.1 Å². The van der Waals surface area contributed by atoms with Crippen molar-refractivity contribution >= 4 is 11.9 Å².